The molecule has 8 aromatic carbocycles. The van der Waals surface area contributed by atoms with Gasteiger partial charge < -0.3 is 9.15 Å². The molecule has 0 spiro atoms. The van der Waals surface area contributed by atoms with Gasteiger partial charge in [0.25, 0.3) is 0 Å². The van der Waals surface area contributed by atoms with Crippen LogP contribution in [0.5, 0.6) is 11.5 Å². The predicted molar refractivity (Wildman–Crippen MR) is 203 cm³/mol. The molecule has 0 saturated carbocycles. The third-order valence-electron chi connectivity index (χ3n) is 11.1. The average Bonchev–Trinajstić information content (AvgIpc) is 3.63. The summed E-state index contributed by atoms with van der Waals surface area (Å²) in [6, 6.07) is 52.8. The van der Waals surface area contributed by atoms with Gasteiger partial charge in [-0.1, -0.05) is 123 Å². The molecule has 49 heavy (non-hydrogen) atoms. The Morgan fingerprint density at radius 1 is 0.408 bits per heavy atom. The van der Waals surface area contributed by atoms with Crippen molar-refractivity contribution in [2.75, 3.05) is 0 Å². The third-order valence-corrected chi connectivity index (χ3v) is 11.1. The molecule has 0 atom stereocenters. The predicted octanol–water partition coefficient (Wildman–Crippen LogP) is 13.3. The summed E-state index contributed by atoms with van der Waals surface area (Å²) in [5, 5.41) is 7.30. The molecule has 0 unspecified atom stereocenters. The SMILES string of the molecule is CC1(C)c2cc(-c3ccc4c5c(cccc35)-c3ccccc3O4)ccc2-c2ccc3c(-c4ccc5oc6ccccc6c5c4)cccc3c21. The number of fused-ring (bicyclic) bond motifs is 10. The summed E-state index contributed by atoms with van der Waals surface area (Å²) in [6.45, 7) is 4.78. The van der Waals surface area contributed by atoms with Crippen LogP contribution in [0.15, 0.2) is 150 Å². The lowest BCUT2D eigenvalue weighted by molar-refractivity contribution is 0.487. The first-order chi connectivity index (χ1) is 24.0. The molecule has 2 nitrogen and oxygen atoms in total. The Morgan fingerprint density at radius 3 is 2.02 bits per heavy atom. The first-order valence-corrected chi connectivity index (χ1v) is 17.0. The van der Waals surface area contributed by atoms with Crippen LogP contribution in [-0.4, -0.2) is 0 Å². The fourth-order valence-electron chi connectivity index (χ4n) is 8.83. The minimum absolute atomic E-state index is 0.183. The van der Waals surface area contributed by atoms with Crippen LogP contribution in [0.1, 0.15) is 25.0 Å². The first-order valence-electron chi connectivity index (χ1n) is 17.0. The van der Waals surface area contributed by atoms with E-state index in [1.807, 2.05) is 18.2 Å². The zero-order chi connectivity index (χ0) is 32.4. The second-order valence-electron chi connectivity index (χ2n) is 14.0. The highest BCUT2D eigenvalue weighted by Crippen LogP contribution is 2.54. The van der Waals surface area contributed by atoms with Gasteiger partial charge in [-0.15, -0.1) is 0 Å². The van der Waals surface area contributed by atoms with Crippen LogP contribution in [0, 0.1) is 0 Å². The van der Waals surface area contributed by atoms with Crippen LogP contribution in [0.2, 0.25) is 0 Å². The van der Waals surface area contributed by atoms with Crippen LogP contribution in [0.3, 0.4) is 0 Å². The fraction of sp³-hybridized carbons (Fsp3) is 0.0638. The van der Waals surface area contributed by atoms with Gasteiger partial charge >= 0.3 is 0 Å². The Hall–Kier alpha value is -6.12. The molecule has 2 heterocycles. The van der Waals surface area contributed by atoms with Crippen LogP contribution < -0.4 is 4.74 Å². The van der Waals surface area contributed by atoms with Gasteiger partial charge in [0, 0.05) is 27.1 Å². The van der Waals surface area contributed by atoms with E-state index < -0.39 is 0 Å². The smallest absolute Gasteiger partial charge is 0.135 e. The van der Waals surface area contributed by atoms with Crippen molar-refractivity contribution >= 4 is 43.5 Å². The van der Waals surface area contributed by atoms with Crippen molar-refractivity contribution in [3.8, 4) is 56.0 Å². The van der Waals surface area contributed by atoms with E-state index in [0.717, 1.165) is 39.0 Å². The lowest BCUT2D eigenvalue weighted by Crippen LogP contribution is -2.15. The molecular weight excluding hydrogens is 597 g/mol. The molecule has 1 aromatic heterocycles. The van der Waals surface area contributed by atoms with Gasteiger partial charge in [-0.3, -0.25) is 0 Å². The highest BCUT2D eigenvalue weighted by atomic mass is 16.5. The average molecular weight is 627 g/mol. The Morgan fingerprint density at radius 2 is 1.08 bits per heavy atom. The largest absolute Gasteiger partial charge is 0.456 e. The molecule has 0 fully saturated rings. The highest BCUT2D eigenvalue weighted by molar-refractivity contribution is 6.11. The summed E-state index contributed by atoms with van der Waals surface area (Å²) in [4.78, 5) is 0. The highest BCUT2D eigenvalue weighted by Gasteiger charge is 2.37. The standard InChI is InChI=1S/C47H30O2/c1-47(2)40-26-28(30-22-24-44-45-35(30)12-8-13-36(45)33-9-3-5-15-41(33)49-44)17-19-32(40)38-21-20-31-29(11-7-14-37(31)46(38)47)27-18-23-43-39(25-27)34-10-4-6-16-42(34)48-43/h3-26H,1-2H3. The van der Waals surface area contributed by atoms with Gasteiger partial charge in [0.2, 0.25) is 0 Å². The quantitative estimate of drug-likeness (QED) is 0.190. The lowest BCUT2D eigenvalue weighted by atomic mass is 9.79. The van der Waals surface area contributed by atoms with Gasteiger partial charge in [0.15, 0.2) is 0 Å². The van der Waals surface area contributed by atoms with Crippen molar-refractivity contribution in [2.24, 2.45) is 0 Å². The Balaban J connectivity index is 1.06. The molecule has 1 aliphatic carbocycles. The molecule has 0 radical (unpaired) electrons. The van der Waals surface area contributed by atoms with E-state index in [0.29, 0.717) is 0 Å². The number of para-hydroxylation sites is 2. The molecule has 0 N–H and O–H groups in total. The summed E-state index contributed by atoms with van der Waals surface area (Å²) in [5.74, 6) is 1.84. The zero-order valence-electron chi connectivity index (χ0n) is 27.2. The van der Waals surface area contributed by atoms with Gasteiger partial charge in [-0.25, -0.2) is 0 Å². The number of ether oxygens (including phenoxy) is 1. The van der Waals surface area contributed by atoms with Crippen molar-refractivity contribution in [3.63, 3.8) is 0 Å². The molecule has 9 aromatic rings. The second kappa shape index (κ2) is 9.49. The van der Waals surface area contributed by atoms with E-state index in [9.17, 15) is 0 Å². The molecule has 0 amide bonds. The molecule has 0 saturated heterocycles. The molecule has 11 rings (SSSR count). The van der Waals surface area contributed by atoms with Crippen molar-refractivity contribution in [2.45, 2.75) is 19.3 Å². The molecule has 230 valence electrons. The summed E-state index contributed by atoms with van der Waals surface area (Å²) in [7, 11) is 0. The maximum Gasteiger partial charge on any atom is 0.135 e. The van der Waals surface area contributed by atoms with E-state index >= 15 is 0 Å². The maximum absolute atomic E-state index is 6.40. The van der Waals surface area contributed by atoms with E-state index in [1.165, 1.54) is 71.6 Å². The van der Waals surface area contributed by atoms with E-state index in [-0.39, 0.29) is 5.41 Å². The monoisotopic (exact) mass is 626 g/mol. The van der Waals surface area contributed by atoms with Gasteiger partial charge in [0.05, 0.1) is 0 Å². The van der Waals surface area contributed by atoms with E-state index in [1.54, 1.807) is 0 Å². The first kappa shape index (κ1) is 26.9. The molecule has 2 heteroatoms. The van der Waals surface area contributed by atoms with Crippen molar-refractivity contribution in [3.05, 3.63) is 157 Å². The molecule has 0 bridgehead atoms. The van der Waals surface area contributed by atoms with Crippen molar-refractivity contribution < 1.29 is 9.15 Å². The number of furan rings is 1. The second-order valence-corrected chi connectivity index (χ2v) is 14.0. The van der Waals surface area contributed by atoms with E-state index in [2.05, 4.69) is 141 Å². The molecular formula is C47H30O2. The number of hydrogen-bond donors (Lipinski definition) is 0. The summed E-state index contributed by atoms with van der Waals surface area (Å²) < 4.78 is 12.6. The number of rotatable bonds is 2. The topological polar surface area (TPSA) is 22.4 Å². The Labute approximate surface area is 283 Å². The Kier molecular flexibility index (Phi) is 5.21. The van der Waals surface area contributed by atoms with Crippen LogP contribution in [0.25, 0.3) is 88.0 Å². The van der Waals surface area contributed by atoms with Gasteiger partial charge in [-0.05, 0) is 103 Å². The zero-order valence-corrected chi connectivity index (χ0v) is 27.2. The number of hydrogen-bond acceptors (Lipinski definition) is 2. The lowest BCUT2D eigenvalue weighted by Gasteiger charge is -2.25. The summed E-state index contributed by atoms with van der Waals surface area (Å²) in [6.07, 6.45) is 0. The van der Waals surface area contributed by atoms with Gasteiger partial charge in [0.1, 0.15) is 22.7 Å². The summed E-state index contributed by atoms with van der Waals surface area (Å²) in [5.41, 5.74) is 14.4. The van der Waals surface area contributed by atoms with Crippen LogP contribution in [-0.2, 0) is 5.41 Å². The fourth-order valence-corrected chi connectivity index (χ4v) is 8.83. The molecule has 2 aliphatic rings. The minimum Gasteiger partial charge on any atom is -0.456 e. The van der Waals surface area contributed by atoms with Crippen molar-refractivity contribution in [1.82, 2.24) is 0 Å². The van der Waals surface area contributed by atoms with Crippen LogP contribution >= 0.6 is 0 Å². The van der Waals surface area contributed by atoms with E-state index in [4.69, 9.17) is 9.15 Å². The third kappa shape index (κ3) is 3.61. The summed E-state index contributed by atoms with van der Waals surface area (Å²) >= 11 is 0. The van der Waals surface area contributed by atoms with Crippen LogP contribution in [0.4, 0.5) is 0 Å². The maximum atomic E-state index is 6.40. The van der Waals surface area contributed by atoms with Crippen molar-refractivity contribution in [1.29, 1.82) is 0 Å². The number of benzene rings is 8. The molecule has 1 aliphatic heterocycles. The Bertz CT molecular complexity index is 2880. The van der Waals surface area contributed by atoms with Gasteiger partial charge in [-0.2, -0.15) is 0 Å². The normalized spacial score (nSPS) is 13.8. The minimum atomic E-state index is -0.183.